The number of benzene rings is 3. The first-order valence-corrected chi connectivity index (χ1v) is 10.3. The monoisotopic (exact) mass is 432 g/mol. The lowest BCUT2D eigenvalue weighted by molar-refractivity contribution is -0.118. The lowest BCUT2D eigenvalue weighted by atomic mass is 10.0. The van der Waals surface area contributed by atoms with Crippen LogP contribution < -0.4 is 14.8 Å². The molecule has 0 bridgehead atoms. The van der Waals surface area contributed by atoms with E-state index in [9.17, 15) is 4.79 Å². The van der Waals surface area contributed by atoms with E-state index < -0.39 is 0 Å². The standard InChI is InChI=1S/C25H21ClN2O3/c1-17(29)28-13-8-18-2-3-20-15-22(5-4-19(20)14-18)31-25-7-6-23(16-24(25)26)30-21-9-11-27-12-10-21/h2-7,9-12,14-16H,8,13H2,1H3,(H,28,29). The number of amides is 1. The Kier molecular flexibility index (Phi) is 6.34. The summed E-state index contributed by atoms with van der Waals surface area (Å²) >= 11 is 6.41. The van der Waals surface area contributed by atoms with Crippen molar-refractivity contribution < 1.29 is 14.3 Å². The summed E-state index contributed by atoms with van der Waals surface area (Å²) in [7, 11) is 0. The number of aromatic nitrogens is 1. The molecular formula is C25H21ClN2O3. The van der Waals surface area contributed by atoms with Crippen LogP contribution in [0.2, 0.25) is 5.02 Å². The third kappa shape index (κ3) is 5.53. The van der Waals surface area contributed by atoms with Crippen molar-refractivity contribution in [3.05, 3.63) is 89.7 Å². The molecule has 1 amide bonds. The Hall–Kier alpha value is -3.57. The van der Waals surface area contributed by atoms with E-state index >= 15 is 0 Å². The number of carbonyl (C=O) groups excluding carboxylic acids is 1. The highest BCUT2D eigenvalue weighted by atomic mass is 35.5. The smallest absolute Gasteiger partial charge is 0.216 e. The minimum Gasteiger partial charge on any atom is -0.457 e. The minimum atomic E-state index is -0.0156. The fourth-order valence-electron chi connectivity index (χ4n) is 3.17. The molecular weight excluding hydrogens is 412 g/mol. The van der Waals surface area contributed by atoms with Crippen LogP contribution in [0.3, 0.4) is 0 Å². The maximum Gasteiger partial charge on any atom is 0.216 e. The number of ether oxygens (including phenoxy) is 2. The predicted octanol–water partition coefficient (Wildman–Crippen LogP) is 6.15. The highest BCUT2D eigenvalue weighted by molar-refractivity contribution is 6.32. The second-order valence-corrected chi connectivity index (χ2v) is 7.46. The number of halogens is 1. The van der Waals surface area contributed by atoms with E-state index in [1.54, 1.807) is 36.7 Å². The van der Waals surface area contributed by atoms with E-state index in [2.05, 4.69) is 28.5 Å². The highest BCUT2D eigenvalue weighted by Gasteiger charge is 2.07. The molecule has 0 radical (unpaired) electrons. The van der Waals surface area contributed by atoms with Crippen LogP contribution in [0.1, 0.15) is 12.5 Å². The first-order valence-electron chi connectivity index (χ1n) is 9.89. The van der Waals surface area contributed by atoms with Crippen LogP contribution in [-0.4, -0.2) is 17.4 Å². The molecule has 0 atom stereocenters. The Morgan fingerprint density at radius 1 is 0.871 bits per heavy atom. The van der Waals surface area contributed by atoms with Crippen LogP contribution in [0.5, 0.6) is 23.0 Å². The van der Waals surface area contributed by atoms with Crippen LogP contribution in [0.4, 0.5) is 0 Å². The van der Waals surface area contributed by atoms with Crippen LogP contribution in [-0.2, 0) is 11.2 Å². The molecule has 5 nitrogen and oxygen atoms in total. The molecule has 0 aliphatic rings. The fourth-order valence-corrected chi connectivity index (χ4v) is 3.38. The molecule has 1 aromatic heterocycles. The summed E-state index contributed by atoms with van der Waals surface area (Å²) in [6.07, 6.45) is 4.12. The number of rotatable bonds is 7. The van der Waals surface area contributed by atoms with Crippen LogP contribution in [0.25, 0.3) is 10.8 Å². The van der Waals surface area contributed by atoms with Gasteiger partial charge in [0.2, 0.25) is 5.91 Å². The van der Waals surface area contributed by atoms with Gasteiger partial charge in [-0.3, -0.25) is 9.78 Å². The van der Waals surface area contributed by atoms with E-state index in [0.29, 0.717) is 34.6 Å². The molecule has 0 spiro atoms. The molecule has 0 saturated carbocycles. The third-order valence-corrected chi connectivity index (χ3v) is 4.98. The Morgan fingerprint density at radius 3 is 2.35 bits per heavy atom. The number of nitrogens with one attached hydrogen (secondary N) is 1. The van der Waals surface area contributed by atoms with E-state index in [1.807, 2.05) is 24.3 Å². The van der Waals surface area contributed by atoms with E-state index in [1.165, 1.54) is 12.5 Å². The molecule has 4 aromatic rings. The summed E-state index contributed by atoms with van der Waals surface area (Å²) in [5.41, 5.74) is 1.17. The van der Waals surface area contributed by atoms with Crippen LogP contribution in [0.15, 0.2) is 79.1 Å². The number of carbonyl (C=O) groups is 1. The van der Waals surface area contributed by atoms with Crippen molar-refractivity contribution in [1.82, 2.24) is 10.3 Å². The van der Waals surface area contributed by atoms with Crippen molar-refractivity contribution in [1.29, 1.82) is 0 Å². The molecule has 1 N–H and O–H groups in total. The zero-order valence-electron chi connectivity index (χ0n) is 17.0. The molecule has 1 heterocycles. The maximum atomic E-state index is 11.0. The van der Waals surface area contributed by atoms with Gasteiger partial charge in [-0.1, -0.05) is 35.9 Å². The zero-order valence-corrected chi connectivity index (χ0v) is 17.7. The van der Waals surface area contributed by atoms with Crippen molar-refractivity contribution in [2.45, 2.75) is 13.3 Å². The SMILES string of the molecule is CC(=O)NCCc1ccc2cc(Oc3ccc(Oc4ccncc4)cc3Cl)ccc2c1. The molecule has 3 aromatic carbocycles. The zero-order chi connectivity index (χ0) is 21.6. The molecule has 0 fully saturated rings. The molecule has 4 rings (SSSR count). The van der Waals surface area contributed by atoms with Crippen molar-refractivity contribution in [2.24, 2.45) is 0 Å². The van der Waals surface area contributed by atoms with Gasteiger partial charge in [-0.15, -0.1) is 0 Å². The number of nitrogens with zero attached hydrogens (tertiary/aromatic N) is 1. The summed E-state index contributed by atoms with van der Waals surface area (Å²) in [6.45, 7) is 2.15. The van der Waals surface area contributed by atoms with Gasteiger partial charge in [0.15, 0.2) is 0 Å². The number of hydrogen-bond acceptors (Lipinski definition) is 4. The molecule has 0 aliphatic heterocycles. The van der Waals surface area contributed by atoms with Crippen LogP contribution >= 0.6 is 11.6 Å². The summed E-state index contributed by atoms with van der Waals surface area (Å²) in [6, 6.07) is 21.0. The molecule has 0 saturated heterocycles. The minimum absolute atomic E-state index is 0.0156. The Bertz CT molecular complexity index is 1210. The lowest BCUT2D eigenvalue weighted by Gasteiger charge is -2.11. The third-order valence-electron chi connectivity index (χ3n) is 4.68. The Balaban J connectivity index is 1.46. The van der Waals surface area contributed by atoms with Gasteiger partial charge >= 0.3 is 0 Å². The molecule has 0 aliphatic carbocycles. The van der Waals surface area contributed by atoms with Gasteiger partial charge < -0.3 is 14.8 Å². The van der Waals surface area contributed by atoms with Gasteiger partial charge in [0.05, 0.1) is 5.02 Å². The first-order chi connectivity index (χ1) is 15.1. The second-order valence-electron chi connectivity index (χ2n) is 7.06. The van der Waals surface area contributed by atoms with E-state index in [0.717, 1.165) is 17.2 Å². The average molecular weight is 433 g/mol. The van der Waals surface area contributed by atoms with Crippen molar-refractivity contribution in [2.75, 3.05) is 6.54 Å². The second kappa shape index (κ2) is 9.49. The summed E-state index contributed by atoms with van der Waals surface area (Å²) in [5, 5.41) is 5.45. The summed E-state index contributed by atoms with van der Waals surface area (Å²) < 4.78 is 11.8. The topological polar surface area (TPSA) is 60.5 Å². The van der Waals surface area contributed by atoms with Crippen molar-refractivity contribution >= 4 is 28.3 Å². The van der Waals surface area contributed by atoms with Gasteiger partial charge in [0.25, 0.3) is 0 Å². The summed E-state index contributed by atoms with van der Waals surface area (Å²) in [5.74, 6) is 2.54. The highest BCUT2D eigenvalue weighted by Crippen LogP contribution is 2.35. The summed E-state index contributed by atoms with van der Waals surface area (Å²) in [4.78, 5) is 15.0. The average Bonchev–Trinajstić information content (AvgIpc) is 2.76. The van der Waals surface area contributed by atoms with Crippen LogP contribution in [0, 0.1) is 0 Å². The lowest BCUT2D eigenvalue weighted by Crippen LogP contribution is -2.22. The Labute approximate surface area is 185 Å². The fraction of sp³-hybridized carbons (Fsp3) is 0.120. The Morgan fingerprint density at radius 2 is 1.58 bits per heavy atom. The molecule has 31 heavy (non-hydrogen) atoms. The maximum absolute atomic E-state index is 11.0. The van der Waals surface area contributed by atoms with Gasteiger partial charge in [-0.25, -0.2) is 0 Å². The number of pyridine rings is 1. The quantitative estimate of drug-likeness (QED) is 0.380. The predicted molar refractivity (Wildman–Crippen MR) is 122 cm³/mol. The number of hydrogen-bond donors (Lipinski definition) is 1. The molecule has 0 unspecified atom stereocenters. The normalized spacial score (nSPS) is 10.6. The van der Waals surface area contributed by atoms with E-state index in [-0.39, 0.29) is 5.91 Å². The number of fused-ring (bicyclic) bond motifs is 1. The van der Waals surface area contributed by atoms with E-state index in [4.69, 9.17) is 21.1 Å². The van der Waals surface area contributed by atoms with Gasteiger partial charge in [0, 0.05) is 31.9 Å². The van der Waals surface area contributed by atoms with Crippen molar-refractivity contribution in [3.8, 4) is 23.0 Å². The van der Waals surface area contributed by atoms with Gasteiger partial charge in [0.1, 0.15) is 23.0 Å². The molecule has 6 heteroatoms. The molecule has 156 valence electrons. The first kappa shape index (κ1) is 20.7. The van der Waals surface area contributed by atoms with Gasteiger partial charge in [-0.05, 0) is 59.2 Å². The van der Waals surface area contributed by atoms with Gasteiger partial charge in [-0.2, -0.15) is 0 Å². The van der Waals surface area contributed by atoms with Crippen molar-refractivity contribution in [3.63, 3.8) is 0 Å². The largest absolute Gasteiger partial charge is 0.457 e.